The highest BCUT2D eigenvalue weighted by Crippen LogP contribution is 2.25. The van der Waals surface area contributed by atoms with Gasteiger partial charge in [0.2, 0.25) is 0 Å². The first-order chi connectivity index (χ1) is 17.2. The average molecular weight is 463 g/mol. The summed E-state index contributed by atoms with van der Waals surface area (Å²) in [4.78, 5) is 14.4. The normalized spacial score (nSPS) is 10.8. The number of nitrogens with zero attached hydrogens (tertiary/aromatic N) is 1. The summed E-state index contributed by atoms with van der Waals surface area (Å²) in [6.07, 6.45) is 0.829. The fraction of sp³-hybridized carbons (Fsp3) is 0.219. The second-order valence-corrected chi connectivity index (χ2v) is 8.81. The Kier molecular flexibility index (Phi) is 8.34. The third kappa shape index (κ3) is 6.39. The minimum Gasteiger partial charge on any atom is -0.384 e. The summed E-state index contributed by atoms with van der Waals surface area (Å²) >= 11 is 0. The predicted molar refractivity (Wildman–Crippen MR) is 146 cm³/mol. The van der Waals surface area contributed by atoms with Crippen molar-refractivity contribution >= 4 is 11.6 Å². The molecule has 0 saturated carbocycles. The van der Waals surface area contributed by atoms with Gasteiger partial charge in [0.15, 0.2) is 0 Å². The smallest absolute Gasteiger partial charge is 0.253 e. The number of carbonyl (C=O) groups is 1. The Balaban J connectivity index is 1.44. The van der Waals surface area contributed by atoms with Crippen LogP contribution in [0.25, 0.3) is 0 Å². The molecule has 0 radical (unpaired) electrons. The minimum atomic E-state index is 0.0964. The molecule has 3 nitrogen and oxygen atoms in total. The molecule has 0 spiro atoms. The fourth-order valence-electron chi connectivity index (χ4n) is 4.50. The van der Waals surface area contributed by atoms with Gasteiger partial charge in [0.1, 0.15) is 0 Å². The molecule has 178 valence electrons. The summed E-state index contributed by atoms with van der Waals surface area (Å²) in [5.41, 5.74) is 6.93. The SMILES string of the molecule is CCN(CC)C(=O)c1ccc(Cc2cccc(NCC(c3ccccc3)c3ccccc3)c2)cc1. The molecule has 4 aromatic carbocycles. The third-order valence-electron chi connectivity index (χ3n) is 6.50. The fourth-order valence-corrected chi connectivity index (χ4v) is 4.50. The Morgan fingerprint density at radius 2 is 1.31 bits per heavy atom. The zero-order chi connectivity index (χ0) is 24.5. The number of nitrogens with one attached hydrogen (secondary N) is 1. The molecule has 0 aliphatic heterocycles. The van der Waals surface area contributed by atoms with Crippen molar-refractivity contribution in [3.8, 4) is 0 Å². The van der Waals surface area contributed by atoms with Crippen LogP contribution in [0.15, 0.2) is 109 Å². The summed E-state index contributed by atoms with van der Waals surface area (Å²) in [6, 6.07) is 38.0. The molecule has 4 aromatic rings. The molecule has 0 heterocycles. The molecule has 0 aliphatic rings. The van der Waals surface area contributed by atoms with E-state index in [9.17, 15) is 4.79 Å². The van der Waals surface area contributed by atoms with E-state index in [1.807, 2.05) is 30.9 Å². The Morgan fingerprint density at radius 3 is 1.89 bits per heavy atom. The van der Waals surface area contributed by atoms with Gasteiger partial charge in [-0.3, -0.25) is 4.79 Å². The number of rotatable bonds is 10. The average Bonchev–Trinajstić information content (AvgIpc) is 2.91. The van der Waals surface area contributed by atoms with Crippen molar-refractivity contribution in [3.63, 3.8) is 0 Å². The molecule has 0 bridgehead atoms. The highest BCUT2D eigenvalue weighted by atomic mass is 16.2. The van der Waals surface area contributed by atoms with Crippen LogP contribution in [0.4, 0.5) is 5.69 Å². The number of carbonyl (C=O) groups excluding carboxylic acids is 1. The molecular formula is C32H34N2O. The lowest BCUT2D eigenvalue weighted by Crippen LogP contribution is -2.30. The van der Waals surface area contributed by atoms with Crippen molar-refractivity contribution in [2.75, 3.05) is 25.0 Å². The van der Waals surface area contributed by atoms with Crippen LogP contribution in [0.1, 0.15) is 52.4 Å². The molecule has 1 N–H and O–H groups in total. The maximum atomic E-state index is 12.6. The van der Waals surface area contributed by atoms with E-state index in [2.05, 4.69) is 102 Å². The molecule has 0 fully saturated rings. The maximum absolute atomic E-state index is 12.6. The largest absolute Gasteiger partial charge is 0.384 e. The van der Waals surface area contributed by atoms with Crippen LogP contribution >= 0.6 is 0 Å². The van der Waals surface area contributed by atoms with Gasteiger partial charge >= 0.3 is 0 Å². The topological polar surface area (TPSA) is 32.3 Å². The zero-order valence-corrected chi connectivity index (χ0v) is 20.7. The van der Waals surface area contributed by atoms with Gasteiger partial charge in [0.05, 0.1) is 0 Å². The van der Waals surface area contributed by atoms with Crippen LogP contribution in [0.3, 0.4) is 0 Å². The Labute approximate surface area is 209 Å². The first kappa shape index (κ1) is 24.3. The van der Waals surface area contributed by atoms with Crippen molar-refractivity contribution in [1.82, 2.24) is 4.90 Å². The maximum Gasteiger partial charge on any atom is 0.253 e. The van der Waals surface area contributed by atoms with Crippen LogP contribution in [0.5, 0.6) is 0 Å². The number of hydrogen-bond donors (Lipinski definition) is 1. The van der Waals surface area contributed by atoms with Crippen molar-refractivity contribution < 1.29 is 4.79 Å². The predicted octanol–water partition coefficient (Wildman–Crippen LogP) is 7.00. The molecule has 0 unspecified atom stereocenters. The van der Waals surface area contributed by atoms with E-state index in [0.29, 0.717) is 0 Å². The Morgan fingerprint density at radius 1 is 0.714 bits per heavy atom. The summed E-state index contributed by atoms with van der Waals surface area (Å²) in [7, 11) is 0. The quantitative estimate of drug-likeness (QED) is 0.275. The van der Waals surface area contributed by atoms with Gasteiger partial charge < -0.3 is 10.2 Å². The molecule has 0 atom stereocenters. The second-order valence-electron chi connectivity index (χ2n) is 8.81. The van der Waals surface area contributed by atoms with E-state index in [4.69, 9.17) is 0 Å². The summed E-state index contributed by atoms with van der Waals surface area (Å²) < 4.78 is 0. The second kappa shape index (κ2) is 12.0. The molecule has 35 heavy (non-hydrogen) atoms. The van der Waals surface area contributed by atoms with Gasteiger partial charge in [0.25, 0.3) is 5.91 Å². The standard InChI is InChI=1S/C32H34N2O/c1-3-34(4-2)32(35)29-20-18-25(19-21-29)22-26-12-11-17-30(23-26)33-24-31(27-13-7-5-8-14-27)28-15-9-6-10-16-28/h5-21,23,31,33H,3-4,22,24H2,1-2H3. The van der Waals surface area contributed by atoms with Crippen LogP contribution in [0, 0.1) is 0 Å². The van der Waals surface area contributed by atoms with Crippen molar-refractivity contribution in [3.05, 3.63) is 137 Å². The van der Waals surface area contributed by atoms with E-state index in [1.54, 1.807) is 0 Å². The van der Waals surface area contributed by atoms with Gasteiger partial charge in [-0.05, 0) is 66.8 Å². The summed E-state index contributed by atoms with van der Waals surface area (Å²) in [5, 5.41) is 3.67. The number of hydrogen-bond acceptors (Lipinski definition) is 2. The molecule has 4 rings (SSSR count). The van der Waals surface area contributed by atoms with Crippen LogP contribution in [0.2, 0.25) is 0 Å². The third-order valence-corrected chi connectivity index (χ3v) is 6.50. The number of amides is 1. The molecule has 1 amide bonds. The van der Waals surface area contributed by atoms with E-state index in [-0.39, 0.29) is 11.8 Å². The van der Waals surface area contributed by atoms with Gasteiger partial charge in [-0.2, -0.15) is 0 Å². The highest BCUT2D eigenvalue weighted by molar-refractivity contribution is 5.94. The molecule has 0 aromatic heterocycles. The summed E-state index contributed by atoms with van der Waals surface area (Å²) in [6.45, 7) is 6.30. The lowest BCUT2D eigenvalue weighted by molar-refractivity contribution is 0.0773. The Bertz CT molecular complexity index is 1160. The Hall–Kier alpha value is -3.85. The zero-order valence-electron chi connectivity index (χ0n) is 20.7. The first-order valence-corrected chi connectivity index (χ1v) is 12.5. The van der Waals surface area contributed by atoms with Crippen molar-refractivity contribution in [1.29, 1.82) is 0 Å². The molecule has 0 saturated heterocycles. The van der Waals surface area contributed by atoms with Gasteiger partial charge in [-0.15, -0.1) is 0 Å². The summed E-state index contributed by atoms with van der Waals surface area (Å²) in [5.74, 6) is 0.371. The van der Waals surface area contributed by atoms with Gasteiger partial charge in [-0.1, -0.05) is 84.9 Å². The van der Waals surface area contributed by atoms with E-state index in [1.165, 1.54) is 22.3 Å². The lowest BCUT2D eigenvalue weighted by atomic mass is 9.91. The molecule has 0 aliphatic carbocycles. The van der Waals surface area contributed by atoms with Gasteiger partial charge in [-0.25, -0.2) is 0 Å². The highest BCUT2D eigenvalue weighted by Gasteiger charge is 2.14. The van der Waals surface area contributed by atoms with Crippen molar-refractivity contribution in [2.45, 2.75) is 26.2 Å². The molecular weight excluding hydrogens is 428 g/mol. The number of benzene rings is 4. The van der Waals surface area contributed by atoms with E-state index < -0.39 is 0 Å². The van der Waals surface area contributed by atoms with Crippen LogP contribution < -0.4 is 5.32 Å². The van der Waals surface area contributed by atoms with Crippen molar-refractivity contribution in [2.24, 2.45) is 0 Å². The molecule has 3 heteroatoms. The van der Waals surface area contributed by atoms with Crippen LogP contribution in [-0.4, -0.2) is 30.4 Å². The monoisotopic (exact) mass is 462 g/mol. The first-order valence-electron chi connectivity index (χ1n) is 12.5. The van der Waals surface area contributed by atoms with E-state index >= 15 is 0 Å². The number of anilines is 1. The lowest BCUT2D eigenvalue weighted by Gasteiger charge is -2.20. The van der Waals surface area contributed by atoms with E-state index in [0.717, 1.165) is 37.3 Å². The minimum absolute atomic E-state index is 0.0964. The van der Waals surface area contributed by atoms with Gasteiger partial charge in [0, 0.05) is 36.8 Å². The van der Waals surface area contributed by atoms with Crippen LogP contribution in [-0.2, 0) is 6.42 Å².